The third-order valence-corrected chi connectivity index (χ3v) is 7.99. The van der Waals surface area contributed by atoms with Crippen molar-refractivity contribution in [2.24, 2.45) is 13.0 Å². The summed E-state index contributed by atoms with van der Waals surface area (Å²) in [4.78, 5) is 21.8. The molecule has 2 aliphatic rings. The Morgan fingerprint density at radius 2 is 2.05 bits per heavy atom. The van der Waals surface area contributed by atoms with Gasteiger partial charge in [-0.3, -0.25) is 9.36 Å². The molecule has 41 heavy (non-hydrogen) atoms. The number of benzene rings is 1. The Kier molecular flexibility index (Phi) is 6.03. The van der Waals surface area contributed by atoms with Crippen LogP contribution < -0.4 is 5.56 Å². The summed E-state index contributed by atoms with van der Waals surface area (Å²) in [6.45, 7) is 1.02. The fourth-order valence-electron chi connectivity index (χ4n) is 5.59. The lowest BCUT2D eigenvalue weighted by Gasteiger charge is -2.14. The Balaban J connectivity index is 1.40. The maximum atomic E-state index is 14.4. The zero-order chi connectivity index (χ0) is 28.2. The Bertz CT molecular complexity index is 1910. The normalized spacial score (nSPS) is 17.7. The van der Waals surface area contributed by atoms with Gasteiger partial charge in [-0.15, -0.1) is 10.2 Å². The summed E-state index contributed by atoms with van der Waals surface area (Å²) in [5.41, 5.74) is 3.41. The van der Waals surface area contributed by atoms with Crippen LogP contribution in [-0.2, 0) is 11.8 Å². The van der Waals surface area contributed by atoms with E-state index < -0.39 is 11.9 Å². The predicted molar refractivity (Wildman–Crippen MR) is 148 cm³/mol. The summed E-state index contributed by atoms with van der Waals surface area (Å²) < 4.78 is 22.9. The van der Waals surface area contributed by atoms with Gasteiger partial charge < -0.3 is 19.4 Å². The summed E-state index contributed by atoms with van der Waals surface area (Å²) in [7, 11) is 1.79. The molecule has 1 saturated carbocycles. The highest BCUT2D eigenvalue weighted by atomic mass is 19.1. The fraction of sp³-hybridized carbons (Fsp3) is 0.300. The van der Waals surface area contributed by atoms with Crippen LogP contribution in [0.2, 0.25) is 0 Å². The zero-order valence-electron chi connectivity index (χ0n) is 22.2. The van der Waals surface area contributed by atoms with E-state index in [0.717, 1.165) is 24.1 Å². The molecule has 2 atom stereocenters. The maximum absolute atomic E-state index is 14.4. The molecule has 4 aromatic heterocycles. The van der Waals surface area contributed by atoms with Crippen molar-refractivity contribution in [3.05, 3.63) is 82.0 Å². The molecule has 5 aromatic rings. The lowest BCUT2D eigenvalue weighted by atomic mass is 9.98. The van der Waals surface area contributed by atoms with Crippen LogP contribution in [0.4, 0.5) is 4.39 Å². The summed E-state index contributed by atoms with van der Waals surface area (Å²) >= 11 is 0. The number of pyridine rings is 2. The van der Waals surface area contributed by atoms with E-state index in [9.17, 15) is 19.6 Å². The highest BCUT2D eigenvalue weighted by Gasteiger charge is 2.29. The molecule has 7 rings (SSSR count). The molecule has 2 unspecified atom stereocenters. The number of rotatable bonds is 6. The molecule has 0 spiro atoms. The zero-order valence-corrected chi connectivity index (χ0v) is 22.2. The van der Waals surface area contributed by atoms with Gasteiger partial charge in [-0.05, 0) is 60.7 Å². The number of aromatic amines is 1. The highest BCUT2D eigenvalue weighted by Crippen LogP contribution is 2.42. The minimum Gasteiger partial charge on any atom is -0.387 e. The number of aryl methyl sites for hydroxylation is 1. The van der Waals surface area contributed by atoms with Crippen LogP contribution in [0.5, 0.6) is 0 Å². The first-order chi connectivity index (χ1) is 19.9. The molecule has 10 nitrogen and oxygen atoms in total. The molecule has 206 valence electrons. The fourth-order valence-corrected chi connectivity index (χ4v) is 5.59. The van der Waals surface area contributed by atoms with Gasteiger partial charge in [0.1, 0.15) is 29.5 Å². The van der Waals surface area contributed by atoms with Crippen LogP contribution in [0.1, 0.15) is 48.2 Å². The SMILES string of the molecule is Cn1cnnc1-c1cc(F)ccc1-c1cc(C2CC2)nc(-n2cc(C#N)c3cc(C(O)C4CCOC4)[nH]c3c2=O)c1. The summed E-state index contributed by atoms with van der Waals surface area (Å²) in [5.74, 6) is 0.609. The number of hydrogen-bond donors (Lipinski definition) is 2. The van der Waals surface area contributed by atoms with Gasteiger partial charge in [0.05, 0.1) is 18.3 Å². The van der Waals surface area contributed by atoms with Crippen LogP contribution in [0.25, 0.3) is 39.2 Å². The second kappa shape index (κ2) is 9.76. The van der Waals surface area contributed by atoms with E-state index in [1.54, 1.807) is 36.1 Å². The Labute approximate surface area is 233 Å². The number of nitriles is 1. The van der Waals surface area contributed by atoms with Crippen molar-refractivity contribution >= 4 is 10.9 Å². The molecule has 0 bridgehead atoms. The third kappa shape index (κ3) is 4.41. The van der Waals surface area contributed by atoms with E-state index in [-0.39, 0.29) is 28.5 Å². The molecule has 2 fully saturated rings. The average Bonchev–Trinajstić information content (AvgIpc) is 3.33. The van der Waals surface area contributed by atoms with Crippen LogP contribution in [0, 0.1) is 23.1 Å². The molecule has 0 amide bonds. The Morgan fingerprint density at radius 1 is 1.20 bits per heavy atom. The lowest BCUT2D eigenvalue weighted by Crippen LogP contribution is -2.20. The minimum atomic E-state index is -0.843. The minimum absolute atomic E-state index is 0.0888. The number of aromatic nitrogens is 6. The van der Waals surface area contributed by atoms with E-state index in [1.807, 2.05) is 6.07 Å². The largest absolute Gasteiger partial charge is 0.387 e. The first-order valence-corrected chi connectivity index (χ1v) is 13.5. The predicted octanol–water partition coefficient (Wildman–Crippen LogP) is 4.13. The third-order valence-electron chi connectivity index (χ3n) is 7.99. The standard InChI is InChI=1S/C30H26FN7O3/c1-37-15-33-36-29(37)23-10-20(31)4-5-21(23)18-8-24(16-2-3-16)34-26(9-18)38-13-19(12-32)22-11-25(35-27(22)30(38)40)28(39)17-6-7-41-14-17/h4-5,8-11,13,15-17,28,35,39H,2-3,6-7,14H2,1H3. The van der Waals surface area contributed by atoms with Crippen molar-refractivity contribution in [2.45, 2.75) is 31.3 Å². The molecule has 5 heterocycles. The molecular weight excluding hydrogens is 525 g/mol. The summed E-state index contributed by atoms with van der Waals surface area (Å²) in [6.07, 6.45) is 4.88. The summed E-state index contributed by atoms with van der Waals surface area (Å²) in [6, 6.07) is 12.1. The molecule has 1 aliphatic heterocycles. The second-order valence-corrected chi connectivity index (χ2v) is 10.8. The monoisotopic (exact) mass is 551 g/mol. The van der Waals surface area contributed by atoms with Gasteiger partial charge >= 0.3 is 0 Å². The maximum Gasteiger partial charge on any atom is 0.280 e. The number of aliphatic hydroxyl groups excluding tert-OH is 1. The number of nitrogens with one attached hydrogen (secondary N) is 1. The first-order valence-electron chi connectivity index (χ1n) is 13.5. The quantitative estimate of drug-likeness (QED) is 0.324. The smallest absolute Gasteiger partial charge is 0.280 e. The lowest BCUT2D eigenvalue weighted by molar-refractivity contribution is 0.0891. The van der Waals surface area contributed by atoms with Gasteiger partial charge in [0.2, 0.25) is 0 Å². The first kappa shape index (κ1) is 25.3. The average molecular weight is 552 g/mol. The Hall–Kier alpha value is -4.66. The van der Waals surface area contributed by atoms with Crippen LogP contribution >= 0.6 is 0 Å². The number of fused-ring (bicyclic) bond motifs is 1. The van der Waals surface area contributed by atoms with Gasteiger partial charge in [-0.25, -0.2) is 9.37 Å². The van der Waals surface area contributed by atoms with Gasteiger partial charge in [0.15, 0.2) is 5.82 Å². The van der Waals surface area contributed by atoms with Crippen molar-refractivity contribution in [2.75, 3.05) is 13.2 Å². The van der Waals surface area contributed by atoms with Crippen LogP contribution in [0.15, 0.2) is 53.7 Å². The van der Waals surface area contributed by atoms with Gasteiger partial charge in [-0.1, -0.05) is 6.07 Å². The van der Waals surface area contributed by atoms with Crippen LogP contribution in [0.3, 0.4) is 0 Å². The van der Waals surface area contributed by atoms with E-state index >= 15 is 0 Å². The number of nitrogens with zero attached hydrogens (tertiary/aromatic N) is 6. The molecule has 2 N–H and O–H groups in total. The second-order valence-electron chi connectivity index (χ2n) is 10.8. The topological polar surface area (TPSA) is 135 Å². The number of hydrogen-bond acceptors (Lipinski definition) is 7. The molecule has 0 radical (unpaired) electrons. The van der Waals surface area contributed by atoms with E-state index in [0.29, 0.717) is 53.5 Å². The van der Waals surface area contributed by atoms with Crippen molar-refractivity contribution in [1.82, 2.24) is 29.3 Å². The van der Waals surface area contributed by atoms with Crippen molar-refractivity contribution in [3.63, 3.8) is 0 Å². The number of aliphatic hydroxyl groups is 1. The molecule has 1 saturated heterocycles. The molecule has 1 aliphatic carbocycles. The highest BCUT2D eigenvalue weighted by molar-refractivity contribution is 5.86. The number of H-pyrrole nitrogens is 1. The van der Waals surface area contributed by atoms with Gasteiger partial charge in [0, 0.05) is 54.0 Å². The summed E-state index contributed by atoms with van der Waals surface area (Å²) in [5, 5.41) is 29.5. The van der Waals surface area contributed by atoms with Crippen molar-refractivity contribution in [1.29, 1.82) is 5.26 Å². The van der Waals surface area contributed by atoms with Crippen molar-refractivity contribution < 1.29 is 14.2 Å². The molecule has 11 heteroatoms. The van der Waals surface area contributed by atoms with Crippen LogP contribution in [-0.4, -0.2) is 47.6 Å². The van der Waals surface area contributed by atoms with E-state index in [4.69, 9.17) is 9.72 Å². The Morgan fingerprint density at radius 3 is 2.76 bits per heavy atom. The molecular formula is C30H26FN7O3. The number of ether oxygens (including phenoxy) is 1. The van der Waals surface area contributed by atoms with Gasteiger partial charge in [0.25, 0.3) is 5.56 Å². The number of halogens is 1. The van der Waals surface area contributed by atoms with E-state index in [1.165, 1.54) is 22.9 Å². The van der Waals surface area contributed by atoms with E-state index in [2.05, 4.69) is 21.3 Å². The van der Waals surface area contributed by atoms with Gasteiger partial charge in [-0.2, -0.15) is 5.26 Å². The molecule has 1 aromatic carbocycles. The van der Waals surface area contributed by atoms with Crippen molar-refractivity contribution in [3.8, 4) is 34.4 Å².